The van der Waals surface area contributed by atoms with Crippen LogP contribution in [0.15, 0.2) is 0 Å². The van der Waals surface area contributed by atoms with Gasteiger partial charge in [-0.25, -0.2) is 4.68 Å². The number of rotatable bonds is 4. The van der Waals surface area contributed by atoms with E-state index in [9.17, 15) is 10.1 Å². The highest BCUT2D eigenvalue weighted by Gasteiger charge is 2.31. The number of nitrogens with zero attached hydrogens (tertiary/aromatic N) is 3. The number of nitrogens with two attached hydrogens (primary N) is 1. The molecule has 0 saturated heterocycles. The summed E-state index contributed by atoms with van der Waals surface area (Å²) in [5, 5.41) is 15.1. The van der Waals surface area contributed by atoms with Gasteiger partial charge in [-0.3, -0.25) is 10.1 Å². The first-order chi connectivity index (χ1) is 9.43. The normalized spacial score (nSPS) is 18.6. The van der Waals surface area contributed by atoms with E-state index in [0.29, 0.717) is 12.3 Å². The largest absolute Gasteiger partial charge is 0.471 e. The van der Waals surface area contributed by atoms with Crippen molar-refractivity contribution in [2.24, 2.45) is 12.8 Å². The second-order valence-electron chi connectivity index (χ2n) is 5.69. The van der Waals surface area contributed by atoms with Crippen molar-refractivity contribution in [2.75, 3.05) is 6.61 Å². The van der Waals surface area contributed by atoms with Gasteiger partial charge in [0.2, 0.25) is 0 Å². The summed E-state index contributed by atoms with van der Waals surface area (Å²) in [7, 11) is 1.64. The molecule has 0 atom stereocenters. The van der Waals surface area contributed by atoms with E-state index in [0.717, 1.165) is 25.7 Å². The van der Waals surface area contributed by atoms with Crippen molar-refractivity contribution in [3.8, 4) is 5.88 Å². The van der Waals surface area contributed by atoms with E-state index in [1.165, 1.54) is 17.5 Å². The van der Waals surface area contributed by atoms with Crippen LogP contribution >= 0.6 is 0 Å². The van der Waals surface area contributed by atoms with Gasteiger partial charge in [0.05, 0.1) is 10.5 Å². The molecule has 1 aromatic rings. The van der Waals surface area contributed by atoms with Crippen LogP contribution in [0.2, 0.25) is 0 Å². The molecule has 0 aromatic carbocycles. The number of nitro groups is 1. The molecule has 0 bridgehead atoms. The third-order valence-corrected chi connectivity index (χ3v) is 3.92. The lowest BCUT2D eigenvalue weighted by atomic mass is 9.93. The van der Waals surface area contributed by atoms with E-state index >= 15 is 0 Å². The smallest absolute Gasteiger partial charge is 0.353 e. The van der Waals surface area contributed by atoms with Crippen LogP contribution in [0, 0.1) is 17.0 Å². The molecule has 112 valence electrons. The monoisotopic (exact) mass is 282 g/mol. The van der Waals surface area contributed by atoms with E-state index in [1.54, 1.807) is 14.0 Å². The van der Waals surface area contributed by atoms with Crippen molar-refractivity contribution in [2.45, 2.75) is 51.0 Å². The SMILES string of the molecule is Cc1nn(C)c(OCC2(N)CCCCCC2)c1[N+](=O)[O-]. The Morgan fingerprint density at radius 2 is 2.00 bits per heavy atom. The Balaban J connectivity index is 2.12. The molecule has 0 spiro atoms. The number of hydrogen-bond donors (Lipinski definition) is 1. The summed E-state index contributed by atoms with van der Waals surface area (Å²) in [5.74, 6) is 0.196. The molecule has 1 heterocycles. The third-order valence-electron chi connectivity index (χ3n) is 3.92. The fraction of sp³-hybridized carbons (Fsp3) is 0.769. The predicted octanol–water partition coefficient (Wildman–Crippen LogP) is 2.07. The highest BCUT2D eigenvalue weighted by molar-refractivity contribution is 5.45. The minimum atomic E-state index is -0.450. The lowest BCUT2D eigenvalue weighted by Gasteiger charge is -2.27. The molecule has 20 heavy (non-hydrogen) atoms. The molecule has 0 aliphatic heterocycles. The molecule has 7 nitrogen and oxygen atoms in total. The summed E-state index contributed by atoms with van der Waals surface area (Å²) in [5.41, 5.74) is 6.27. The van der Waals surface area contributed by atoms with Crippen LogP contribution in [0.3, 0.4) is 0 Å². The molecule has 0 amide bonds. The summed E-state index contributed by atoms with van der Waals surface area (Å²) in [4.78, 5) is 10.6. The van der Waals surface area contributed by atoms with Crippen LogP contribution in [0.5, 0.6) is 5.88 Å². The van der Waals surface area contributed by atoms with E-state index in [-0.39, 0.29) is 17.1 Å². The van der Waals surface area contributed by atoms with Gasteiger partial charge < -0.3 is 10.5 Å². The fourth-order valence-electron chi connectivity index (χ4n) is 2.79. The van der Waals surface area contributed by atoms with Crippen LogP contribution < -0.4 is 10.5 Å². The summed E-state index contributed by atoms with van der Waals surface area (Å²) in [6, 6.07) is 0. The highest BCUT2D eigenvalue weighted by Crippen LogP contribution is 2.32. The zero-order chi connectivity index (χ0) is 14.8. The summed E-state index contributed by atoms with van der Waals surface area (Å²) >= 11 is 0. The number of ether oxygens (including phenoxy) is 1. The zero-order valence-corrected chi connectivity index (χ0v) is 12.1. The molecular weight excluding hydrogens is 260 g/mol. The highest BCUT2D eigenvalue weighted by atomic mass is 16.6. The molecule has 1 saturated carbocycles. The summed E-state index contributed by atoms with van der Waals surface area (Å²) in [6.45, 7) is 1.90. The van der Waals surface area contributed by atoms with E-state index < -0.39 is 4.92 Å². The molecule has 1 aliphatic carbocycles. The Bertz CT molecular complexity index is 490. The van der Waals surface area contributed by atoms with Crippen LogP contribution in [0.1, 0.15) is 44.2 Å². The first kappa shape index (κ1) is 14.8. The Morgan fingerprint density at radius 1 is 1.40 bits per heavy atom. The van der Waals surface area contributed by atoms with Gasteiger partial charge in [0.15, 0.2) is 0 Å². The first-order valence-electron chi connectivity index (χ1n) is 7.03. The second kappa shape index (κ2) is 5.78. The van der Waals surface area contributed by atoms with Gasteiger partial charge in [-0.15, -0.1) is 0 Å². The van der Waals surface area contributed by atoms with E-state index in [2.05, 4.69) is 5.10 Å². The van der Waals surface area contributed by atoms with Gasteiger partial charge in [0, 0.05) is 7.05 Å². The second-order valence-corrected chi connectivity index (χ2v) is 5.69. The van der Waals surface area contributed by atoms with Crippen LogP contribution in [-0.2, 0) is 7.05 Å². The van der Waals surface area contributed by atoms with Crippen molar-refractivity contribution in [1.29, 1.82) is 0 Å². The third kappa shape index (κ3) is 3.09. The van der Waals surface area contributed by atoms with Crippen molar-refractivity contribution < 1.29 is 9.66 Å². The average Bonchev–Trinajstić information content (AvgIpc) is 2.53. The van der Waals surface area contributed by atoms with Crippen LogP contribution in [0.25, 0.3) is 0 Å². The minimum Gasteiger partial charge on any atom is -0.471 e. The standard InChI is InChI=1S/C13H22N4O3/c1-10-11(17(18)19)12(16(2)15-10)20-9-13(14)7-5-3-4-6-8-13/h3-9,14H2,1-2H3. The topological polar surface area (TPSA) is 96.2 Å². The lowest BCUT2D eigenvalue weighted by molar-refractivity contribution is -0.386. The van der Waals surface area contributed by atoms with Gasteiger partial charge in [0.1, 0.15) is 12.3 Å². The van der Waals surface area contributed by atoms with Crippen LogP contribution in [-0.4, -0.2) is 26.8 Å². The minimum absolute atomic E-state index is 0.0651. The lowest BCUT2D eigenvalue weighted by Crippen LogP contribution is -2.45. The van der Waals surface area contributed by atoms with Gasteiger partial charge in [-0.05, 0) is 19.8 Å². The van der Waals surface area contributed by atoms with Gasteiger partial charge >= 0.3 is 5.69 Å². The molecule has 0 unspecified atom stereocenters. The molecule has 1 aliphatic rings. The Hall–Kier alpha value is -1.63. The fourth-order valence-corrected chi connectivity index (χ4v) is 2.79. The molecular formula is C13H22N4O3. The first-order valence-corrected chi connectivity index (χ1v) is 7.03. The Kier molecular flexibility index (Phi) is 4.27. The number of aromatic nitrogens is 2. The molecule has 0 radical (unpaired) electrons. The van der Waals surface area contributed by atoms with Gasteiger partial charge in [0.25, 0.3) is 5.88 Å². The quantitative estimate of drug-likeness (QED) is 0.518. The van der Waals surface area contributed by atoms with Crippen molar-refractivity contribution >= 4 is 5.69 Å². The number of aryl methyl sites for hydroxylation is 2. The maximum atomic E-state index is 11.1. The predicted molar refractivity (Wildman–Crippen MR) is 74.7 cm³/mol. The maximum Gasteiger partial charge on any atom is 0.353 e. The van der Waals surface area contributed by atoms with Crippen molar-refractivity contribution in [3.05, 3.63) is 15.8 Å². The molecule has 1 fully saturated rings. The molecule has 7 heteroatoms. The number of hydrogen-bond acceptors (Lipinski definition) is 5. The Labute approximate surface area is 118 Å². The summed E-state index contributed by atoms with van der Waals surface area (Å²) in [6.07, 6.45) is 6.38. The van der Waals surface area contributed by atoms with Gasteiger partial charge in [-0.2, -0.15) is 5.10 Å². The Morgan fingerprint density at radius 3 is 2.55 bits per heavy atom. The average molecular weight is 282 g/mol. The van der Waals surface area contributed by atoms with E-state index in [1.807, 2.05) is 0 Å². The zero-order valence-electron chi connectivity index (χ0n) is 12.1. The summed E-state index contributed by atoms with van der Waals surface area (Å²) < 4.78 is 7.09. The molecule has 2 N–H and O–H groups in total. The molecule has 2 rings (SSSR count). The molecule has 1 aromatic heterocycles. The van der Waals surface area contributed by atoms with Gasteiger partial charge in [-0.1, -0.05) is 25.7 Å². The van der Waals surface area contributed by atoms with Crippen molar-refractivity contribution in [1.82, 2.24) is 9.78 Å². The van der Waals surface area contributed by atoms with E-state index in [4.69, 9.17) is 10.5 Å². The maximum absolute atomic E-state index is 11.1. The van der Waals surface area contributed by atoms with Crippen molar-refractivity contribution in [3.63, 3.8) is 0 Å². The van der Waals surface area contributed by atoms with Crippen LogP contribution in [0.4, 0.5) is 5.69 Å².